The van der Waals surface area contributed by atoms with Crippen molar-refractivity contribution in [1.29, 1.82) is 0 Å². The van der Waals surface area contributed by atoms with Crippen molar-refractivity contribution in [3.05, 3.63) is 46.5 Å². The van der Waals surface area contributed by atoms with Crippen LogP contribution in [0.3, 0.4) is 0 Å². The van der Waals surface area contributed by atoms with Gasteiger partial charge >= 0.3 is 0 Å². The molecule has 1 aromatic carbocycles. The first kappa shape index (κ1) is 10.2. The second-order valence-corrected chi connectivity index (χ2v) is 3.95. The molecule has 4 heteroatoms. The van der Waals surface area contributed by atoms with Gasteiger partial charge in [-0.3, -0.25) is 0 Å². The summed E-state index contributed by atoms with van der Waals surface area (Å²) in [6.45, 7) is 0. The number of ether oxygens (including phenoxy) is 1. The third kappa shape index (κ3) is 2.39. The summed E-state index contributed by atoms with van der Waals surface area (Å²) in [5, 5.41) is 0. The molecule has 0 aliphatic carbocycles. The molecule has 0 saturated heterocycles. The van der Waals surface area contributed by atoms with Gasteiger partial charge in [0.05, 0.1) is 19.1 Å². The lowest BCUT2D eigenvalue weighted by Gasteiger charge is -2.03. The Morgan fingerprint density at radius 2 is 2.33 bits per heavy atom. The van der Waals surface area contributed by atoms with Crippen molar-refractivity contribution < 1.29 is 4.74 Å². The lowest BCUT2D eigenvalue weighted by atomic mass is 10.1. The largest absolute Gasteiger partial charge is 0.497 e. The number of imidazole rings is 1. The summed E-state index contributed by atoms with van der Waals surface area (Å²) in [6, 6.07) is 8.01. The first-order valence-corrected chi connectivity index (χ1v) is 5.39. The third-order valence-corrected chi connectivity index (χ3v) is 2.86. The Morgan fingerprint density at radius 1 is 1.47 bits per heavy atom. The van der Waals surface area contributed by atoms with Crippen LogP contribution in [-0.2, 0) is 6.42 Å². The number of rotatable bonds is 3. The van der Waals surface area contributed by atoms with Gasteiger partial charge in [0.25, 0.3) is 0 Å². The highest BCUT2D eigenvalue weighted by atomic mass is 79.9. The topological polar surface area (TPSA) is 37.9 Å². The van der Waals surface area contributed by atoms with Gasteiger partial charge in [-0.05, 0) is 33.6 Å². The van der Waals surface area contributed by atoms with Crippen molar-refractivity contribution in [3.8, 4) is 5.75 Å². The quantitative estimate of drug-likeness (QED) is 0.928. The van der Waals surface area contributed by atoms with E-state index < -0.39 is 0 Å². The molecule has 0 fully saturated rings. The van der Waals surface area contributed by atoms with Crippen molar-refractivity contribution in [2.75, 3.05) is 7.11 Å². The highest BCUT2D eigenvalue weighted by molar-refractivity contribution is 9.10. The summed E-state index contributed by atoms with van der Waals surface area (Å²) >= 11 is 3.39. The first-order chi connectivity index (χ1) is 7.29. The van der Waals surface area contributed by atoms with Gasteiger partial charge in [0.15, 0.2) is 0 Å². The molecule has 2 aromatic rings. The van der Waals surface area contributed by atoms with Gasteiger partial charge in [-0.15, -0.1) is 0 Å². The van der Waals surface area contributed by atoms with Crippen LogP contribution in [0.2, 0.25) is 0 Å². The Hall–Kier alpha value is -1.29. The van der Waals surface area contributed by atoms with Crippen LogP contribution < -0.4 is 4.74 Å². The number of hydrogen-bond donors (Lipinski definition) is 1. The molecule has 1 N–H and O–H groups in total. The molecule has 0 spiro atoms. The van der Waals surface area contributed by atoms with E-state index in [1.54, 1.807) is 13.4 Å². The summed E-state index contributed by atoms with van der Waals surface area (Å²) in [5.74, 6) is 0.878. The van der Waals surface area contributed by atoms with Crippen LogP contribution in [0.1, 0.15) is 11.3 Å². The predicted octanol–water partition coefficient (Wildman–Crippen LogP) is 2.77. The van der Waals surface area contributed by atoms with E-state index in [0.29, 0.717) is 0 Å². The molecular weight excluding hydrogens is 256 g/mol. The van der Waals surface area contributed by atoms with Gasteiger partial charge in [0, 0.05) is 6.42 Å². The maximum absolute atomic E-state index is 5.17. The van der Waals surface area contributed by atoms with Gasteiger partial charge in [-0.2, -0.15) is 0 Å². The van der Waals surface area contributed by atoms with Crippen molar-refractivity contribution in [3.63, 3.8) is 0 Å². The zero-order chi connectivity index (χ0) is 10.7. The summed E-state index contributed by atoms with van der Waals surface area (Å²) in [6.07, 6.45) is 2.50. The van der Waals surface area contributed by atoms with E-state index >= 15 is 0 Å². The zero-order valence-corrected chi connectivity index (χ0v) is 9.91. The van der Waals surface area contributed by atoms with Crippen LogP contribution in [0.4, 0.5) is 0 Å². The fourth-order valence-corrected chi connectivity index (χ4v) is 1.77. The van der Waals surface area contributed by atoms with Gasteiger partial charge in [0.2, 0.25) is 0 Å². The van der Waals surface area contributed by atoms with E-state index in [0.717, 1.165) is 22.5 Å². The molecule has 0 saturated carbocycles. The average Bonchev–Trinajstić information content (AvgIpc) is 2.65. The van der Waals surface area contributed by atoms with Crippen molar-refractivity contribution >= 4 is 15.9 Å². The van der Waals surface area contributed by atoms with Crippen molar-refractivity contribution in [2.24, 2.45) is 0 Å². The molecule has 1 heterocycles. The first-order valence-electron chi connectivity index (χ1n) is 4.60. The second kappa shape index (κ2) is 4.49. The second-order valence-electron chi connectivity index (χ2n) is 3.20. The van der Waals surface area contributed by atoms with Crippen LogP contribution in [-0.4, -0.2) is 17.1 Å². The van der Waals surface area contributed by atoms with E-state index in [9.17, 15) is 0 Å². The molecule has 0 aliphatic rings. The highest BCUT2D eigenvalue weighted by Gasteiger charge is 2.03. The Balaban J connectivity index is 2.21. The van der Waals surface area contributed by atoms with Crippen LogP contribution in [0.5, 0.6) is 5.75 Å². The Morgan fingerprint density at radius 3 is 3.00 bits per heavy atom. The zero-order valence-electron chi connectivity index (χ0n) is 8.33. The van der Waals surface area contributed by atoms with Crippen molar-refractivity contribution in [1.82, 2.24) is 9.97 Å². The molecule has 0 radical (unpaired) electrons. The number of halogens is 1. The van der Waals surface area contributed by atoms with Gasteiger partial charge in [-0.25, -0.2) is 4.98 Å². The van der Waals surface area contributed by atoms with E-state index in [1.165, 1.54) is 5.56 Å². The monoisotopic (exact) mass is 266 g/mol. The standard InChI is InChI=1S/C11H11BrN2O/c1-15-9-4-2-3-8(5-9)6-10-11(12)14-7-13-10/h2-5,7H,6H2,1H3,(H,13,14). The number of methoxy groups -OCH3 is 1. The lowest BCUT2D eigenvalue weighted by molar-refractivity contribution is 0.414. The minimum Gasteiger partial charge on any atom is -0.497 e. The summed E-state index contributed by atoms with van der Waals surface area (Å²) < 4.78 is 6.03. The molecular formula is C11H11BrN2O. The van der Waals surface area contributed by atoms with E-state index in [2.05, 4.69) is 32.0 Å². The fraction of sp³-hybridized carbons (Fsp3) is 0.182. The predicted molar refractivity (Wildman–Crippen MR) is 62.1 cm³/mol. The summed E-state index contributed by atoms with van der Waals surface area (Å²) in [7, 11) is 1.67. The molecule has 0 bridgehead atoms. The van der Waals surface area contributed by atoms with Crippen LogP contribution in [0.15, 0.2) is 35.2 Å². The number of nitrogens with zero attached hydrogens (tertiary/aromatic N) is 1. The molecule has 1 aromatic heterocycles. The normalized spacial score (nSPS) is 10.3. The Labute approximate surface area is 96.6 Å². The molecule has 78 valence electrons. The highest BCUT2D eigenvalue weighted by Crippen LogP contribution is 2.18. The minimum absolute atomic E-state index is 0.817. The number of benzene rings is 1. The summed E-state index contributed by atoms with van der Waals surface area (Å²) in [5.41, 5.74) is 2.27. The number of nitrogens with one attached hydrogen (secondary N) is 1. The Kier molecular flexibility index (Phi) is 3.06. The number of hydrogen-bond acceptors (Lipinski definition) is 2. The molecule has 0 atom stereocenters. The van der Waals surface area contributed by atoms with Crippen molar-refractivity contribution in [2.45, 2.75) is 6.42 Å². The number of aromatic nitrogens is 2. The molecule has 0 amide bonds. The van der Waals surface area contributed by atoms with E-state index in [-0.39, 0.29) is 0 Å². The average molecular weight is 267 g/mol. The molecule has 3 nitrogen and oxygen atoms in total. The van der Waals surface area contributed by atoms with Crippen LogP contribution >= 0.6 is 15.9 Å². The van der Waals surface area contributed by atoms with Gasteiger partial charge in [-0.1, -0.05) is 12.1 Å². The van der Waals surface area contributed by atoms with Crippen LogP contribution in [0, 0.1) is 0 Å². The van der Waals surface area contributed by atoms with Gasteiger partial charge < -0.3 is 9.72 Å². The Bertz CT molecular complexity index is 453. The molecule has 0 aliphatic heterocycles. The molecule has 15 heavy (non-hydrogen) atoms. The maximum atomic E-state index is 5.17. The van der Waals surface area contributed by atoms with E-state index in [1.807, 2.05) is 18.2 Å². The smallest absolute Gasteiger partial charge is 0.127 e. The van der Waals surface area contributed by atoms with E-state index in [4.69, 9.17) is 4.74 Å². The third-order valence-electron chi connectivity index (χ3n) is 2.18. The van der Waals surface area contributed by atoms with Crippen LogP contribution in [0.25, 0.3) is 0 Å². The number of H-pyrrole nitrogens is 1. The maximum Gasteiger partial charge on any atom is 0.127 e. The minimum atomic E-state index is 0.817. The fourth-order valence-electron chi connectivity index (χ4n) is 1.41. The molecule has 0 unspecified atom stereocenters. The lowest BCUT2D eigenvalue weighted by Crippen LogP contribution is -1.90. The molecule has 2 rings (SSSR count). The number of aromatic amines is 1. The summed E-state index contributed by atoms with van der Waals surface area (Å²) in [4.78, 5) is 7.18. The SMILES string of the molecule is COc1cccc(Cc2[nH]cnc2Br)c1. The van der Waals surface area contributed by atoms with Gasteiger partial charge in [0.1, 0.15) is 10.4 Å².